The minimum absolute atomic E-state index is 0.109. The maximum absolute atomic E-state index is 13.0. The van der Waals surface area contributed by atoms with E-state index < -0.39 is 28.5 Å². The lowest BCUT2D eigenvalue weighted by molar-refractivity contribution is -0.124. The van der Waals surface area contributed by atoms with E-state index in [1.807, 2.05) is 13.8 Å². The minimum Gasteiger partial charge on any atom is -0.452 e. The molecular formula is C24H27N3O6S. The topological polar surface area (TPSA) is 113 Å². The number of rotatable bonds is 5. The molecular weight excluding hydrogens is 458 g/mol. The molecule has 0 bridgehead atoms. The number of nitrogens with zero attached hydrogens (tertiary/aromatic N) is 2. The number of benzene rings is 2. The van der Waals surface area contributed by atoms with Crippen molar-refractivity contribution < 1.29 is 27.5 Å². The van der Waals surface area contributed by atoms with Crippen LogP contribution in [0.5, 0.6) is 0 Å². The lowest BCUT2D eigenvalue weighted by Crippen LogP contribution is -2.44. The fourth-order valence-electron chi connectivity index (χ4n) is 4.46. The van der Waals surface area contributed by atoms with E-state index in [2.05, 4.69) is 5.32 Å². The summed E-state index contributed by atoms with van der Waals surface area (Å²) in [5.74, 6) is -1.07. The second-order valence-corrected chi connectivity index (χ2v) is 10.9. The molecule has 0 radical (unpaired) electrons. The van der Waals surface area contributed by atoms with Crippen molar-refractivity contribution in [1.82, 2.24) is 4.31 Å². The molecule has 4 rings (SSSR count). The first-order valence-corrected chi connectivity index (χ1v) is 12.6. The van der Waals surface area contributed by atoms with Gasteiger partial charge in [-0.05, 0) is 54.7 Å². The predicted molar refractivity (Wildman–Crippen MR) is 126 cm³/mol. The standard InChI is InChI=1S/C24H27N3O6S/c1-16-11-17(2)13-26(12-16)34(31,32)19-9-7-18(8-10-19)24(30)33-15-23(29)27-14-22(28)25-20-5-3-4-6-21(20)27/h3-10,16-17H,11-15H2,1-2H3,(H,25,28). The van der Waals surface area contributed by atoms with E-state index in [-0.39, 0.29) is 34.7 Å². The Bertz CT molecular complexity index is 1200. The van der Waals surface area contributed by atoms with Gasteiger partial charge in [-0.2, -0.15) is 4.31 Å². The first kappa shape index (κ1) is 23.9. The molecule has 1 N–H and O–H groups in total. The van der Waals surface area contributed by atoms with Crippen LogP contribution in [0.25, 0.3) is 0 Å². The highest BCUT2D eigenvalue weighted by atomic mass is 32.2. The Hall–Kier alpha value is -3.24. The second-order valence-electron chi connectivity index (χ2n) is 8.91. The third kappa shape index (κ3) is 4.97. The van der Waals surface area contributed by atoms with Gasteiger partial charge in [-0.15, -0.1) is 0 Å². The smallest absolute Gasteiger partial charge is 0.338 e. The molecule has 1 fully saturated rings. The molecule has 2 unspecified atom stereocenters. The maximum atomic E-state index is 13.0. The van der Waals surface area contributed by atoms with Crippen molar-refractivity contribution in [3.63, 3.8) is 0 Å². The van der Waals surface area contributed by atoms with Crippen molar-refractivity contribution in [3.8, 4) is 0 Å². The van der Waals surface area contributed by atoms with Crippen molar-refractivity contribution in [2.45, 2.75) is 25.2 Å². The number of carbonyl (C=O) groups excluding carboxylic acids is 3. The average Bonchev–Trinajstić information content (AvgIpc) is 2.81. The zero-order chi connectivity index (χ0) is 24.5. The van der Waals surface area contributed by atoms with Gasteiger partial charge in [0.25, 0.3) is 5.91 Å². The van der Waals surface area contributed by atoms with Crippen LogP contribution in [0, 0.1) is 11.8 Å². The summed E-state index contributed by atoms with van der Waals surface area (Å²) in [5, 5.41) is 2.69. The number of carbonyl (C=O) groups is 3. The van der Waals surface area contributed by atoms with Crippen LogP contribution in [0.15, 0.2) is 53.4 Å². The van der Waals surface area contributed by atoms with E-state index in [0.717, 1.165) is 6.42 Å². The van der Waals surface area contributed by atoms with Gasteiger partial charge in [-0.1, -0.05) is 26.0 Å². The summed E-state index contributed by atoms with van der Waals surface area (Å²) in [5.41, 5.74) is 1.16. The Labute approximate surface area is 198 Å². The molecule has 2 aliphatic heterocycles. The Morgan fingerprint density at radius 3 is 2.35 bits per heavy atom. The zero-order valence-electron chi connectivity index (χ0n) is 19.1. The molecule has 0 spiro atoms. The van der Waals surface area contributed by atoms with Crippen LogP contribution in [0.1, 0.15) is 30.6 Å². The molecule has 2 aromatic carbocycles. The monoisotopic (exact) mass is 485 g/mol. The number of hydrogen-bond donors (Lipinski definition) is 1. The molecule has 0 aliphatic carbocycles. The summed E-state index contributed by atoms with van der Waals surface area (Å²) < 4.78 is 32.6. The Kier molecular flexibility index (Phi) is 6.72. The van der Waals surface area contributed by atoms with Crippen molar-refractivity contribution >= 4 is 39.2 Å². The largest absolute Gasteiger partial charge is 0.452 e. The molecule has 9 nitrogen and oxygen atoms in total. The van der Waals surface area contributed by atoms with Crippen LogP contribution in [0.4, 0.5) is 11.4 Å². The average molecular weight is 486 g/mol. The second kappa shape index (κ2) is 9.55. The molecule has 2 aliphatic rings. The van der Waals surface area contributed by atoms with E-state index >= 15 is 0 Å². The summed E-state index contributed by atoms with van der Waals surface area (Å²) >= 11 is 0. The normalized spacial score (nSPS) is 20.9. The van der Waals surface area contributed by atoms with Gasteiger partial charge in [0.15, 0.2) is 6.61 Å². The van der Waals surface area contributed by atoms with Crippen LogP contribution in [0.2, 0.25) is 0 Å². The van der Waals surface area contributed by atoms with Crippen LogP contribution in [-0.4, -0.2) is 56.7 Å². The molecule has 180 valence electrons. The number of hydrogen-bond acceptors (Lipinski definition) is 6. The third-order valence-electron chi connectivity index (χ3n) is 5.96. The van der Waals surface area contributed by atoms with E-state index in [4.69, 9.17) is 4.74 Å². The number of piperidine rings is 1. The zero-order valence-corrected chi connectivity index (χ0v) is 19.9. The van der Waals surface area contributed by atoms with E-state index in [9.17, 15) is 22.8 Å². The van der Waals surface area contributed by atoms with E-state index in [1.54, 1.807) is 24.3 Å². The van der Waals surface area contributed by atoms with Gasteiger partial charge in [0.1, 0.15) is 6.54 Å². The Morgan fingerprint density at radius 2 is 1.68 bits per heavy atom. The number of amides is 2. The fourth-order valence-corrected chi connectivity index (χ4v) is 6.14. The van der Waals surface area contributed by atoms with Crippen LogP contribution >= 0.6 is 0 Å². The van der Waals surface area contributed by atoms with Gasteiger partial charge in [-0.25, -0.2) is 13.2 Å². The summed E-state index contributed by atoms with van der Waals surface area (Å²) in [6.07, 6.45) is 0.989. The van der Waals surface area contributed by atoms with Crippen molar-refractivity contribution in [3.05, 3.63) is 54.1 Å². The number of nitrogens with one attached hydrogen (secondary N) is 1. The molecule has 34 heavy (non-hydrogen) atoms. The molecule has 0 aromatic heterocycles. The van der Waals surface area contributed by atoms with Gasteiger partial charge in [0, 0.05) is 13.1 Å². The summed E-state index contributed by atoms with van der Waals surface area (Å²) in [7, 11) is -3.66. The van der Waals surface area contributed by atoms with Gasteiger partial charge in [-0.3, -0.25) is 14.5 Å². The van der Waals surface area contributed by atoms with Gasteiger partial charge < -0.3 is 10.1 Å². The molecule has 2 heterocycles. The summed E-state index contributed by atoms with van der Waals surface area (Å²) in [6, 6.07) is 12.4. The minimum atomic E-state index is -3.66. The number of esters is 1. The number of fused-ring (bicyclic) bond motifs is 1. The quantitative estimate of drug-likeness (QED) is 0.651. The number of sulfonamides is 1. The number of ether oxygens (including phenoxy) is 1. The lowest BCUT2D eigenvalue weighted by Gasteiger charge is -2.34. The Balaban J connectivity index is 1.40. The first-order valence-electron chi connectivity index (χ1n) is 11.1. The molecule has 0 saturated carbocycles. The molecule has 1 saturated heterocycles. The SMILES string of the molecule is CC1CC(C)CN(S(=O)(=O)c2ccc(C(=O)OCC(=O)N3CC(=O)Nc4ccccc43)cc2)C1. The van der Waals surface area contributed by atoms with Crippen LogP contribution in [0.3, 0.4) is 0 Å². The van der Waals surface area contributed by atoms with E-state index in [0.29, 0.717) is 24.5 Å². The number of para-hydroxylation sites is 2. The molecule has 2 atom stereocenters. The Morgan fingerprint density at radius 1 is 1.03 bits per heavy atom. The number of anilines is 2. The molecule has 10 heteroatoms. The van der Waals surface area contributed by atoms with Crippen LogP contribution in [-0.2, 0) is 24.3 Å². The van der Waals surface area contributed by atoms with Crippen molar-refractivity contribution in [1.29, 1.82) is 0 Å². The van der Waals surface area contributed by atoms with Crippen molar-refractivity contribution in [2.75, 3.05) is 36.5 Å². The summed E-state index contributed by atoms with van der Waals surface area (Å²) in [6.45, 7) is 4.28. The predicted octanol–water partition coefficient (Wildman–Crippen LogP) is 2.50. The maximum Gasteiger partial charge on any atom is 0.338 e. The third-order valence-corrected chi connectivity index (χ3v) is 7.81. The highest BCUT2D eigenvalue weighted by Crippen LogP contribution is 2.29. The van der Waals surface area contributed by atoms with Crippen LogP contribution < -0.4 is 10.2 Å². The first-order chi connectivity index (χ1) is 16.1. The molecule has 2 amide bonds. The fraction of sp³-hybridized carbons (Fsp3) is 0.375. The van der Waals surface area contributed by atoms with Crippen molar-refractivity contribution in [2.24, 2.45) is 11.8 Å². The van der Waals surface area contributed by atoms with Gasteiger partial charge >= 0.3 is 5.97 Å². The lowest BCUT2D eigenvalue weighted by atomic mass is 9.94. The molecule has 2 aromatic rings. The van der Waals surface area contributed by atoms with E-state index in [1.165, 1.54) is 33.5 Å². The van der Waals surface area contributed by atoms with Gasteiger partial charge in [0.2, 0.25) is 15.9 Å². The highest BCUT2D eigenvalue weighted by molar-refractivity contribution is 7.89. The highest BCUT2D eigenvalue weighted by Gasteiger charge is 2.32. The van der Waals surface area contributed by atoms with Gasteiger partial charge in [0.05, 0.1) is 21.8 Å². The summed E-state index contributed by atoms with van der Waals surface area (Å²) in [4.78, 5) is 38.4.